The minimum atomic E-state index is -0.722. The van der Waals surface area contributed by atoms with Gasteiger partial charge in [0.25, 0.3) is 0 Å². The highest BCUT2D eigenvalue weighted by Crippen LogP contribution is 2.32. The van der Waals surface area contributed by atoms with Gasteiger partial charge in [0, 0.05) is 17.8 Å². The van der Waals surface area contributed by atoms with E-state index in [-0.39, 0.29) is 12.0 Å². The number of carboxylic acid groups (broad SMARTS) is 1. The van der Waals surface area contributed by atoms with Gasteiger partial charge in [-0.25, -0.2) is 0 Å². The molecule has 1 saturated heterocycles. The van der Waals surface area contributed by atoms with E-state index in [4.69, 9.17) is 11.6 Å². The zero-order valence-corrected chi connectivity index (χ0v) is 13.5. The molecule has 0 bridgehead atoms. The molecule has 5 heteroatoms. The maximum Gasteiger partial charge on any atom is 0.307 e. The number of carbonyl (C=O) groups is 1. The molecule has 1 aliphatic rings. The standard InChI is InChI=1S/C18H19ClN2O2/c19-15-7-3-5-13(11-15)17(16-8-1-2-9-20-16)21-10-4-6-14(12-21)18(22)23/h1-3,5,7-9,11,14,17H,4,6,10,12H2,(H,22,23). The summed E-state index contributed by atoms with van der Waals surface area (Å²) in [6.45, 7) is 1.39. The summed E-state index contributed by atoms with van der Waals surface area (Å²) in [4.78, 5) is 18.1. The van der Waals surface area contributed by atoms with Gasteiger partial charge >= 0.3 is 5.97 Å². The van der Waals surface area contributed by atoms with Crippen molar-refractivity contribution in [3.63, 3.8) is 0 Å². The van der Waals surface area contributed by atoms with E-state index >= 15 is 0 Å². The summed E-state index contributed by atoms with van der Waals surface area (Å²) in [5.41, 5.74) is 1.96. The van der Waals surface area contributed by atoms with E-state index in [9.17, 15) is 9.90 Å². The van der Waals surface area contributed by atoms with Crippen molar-refractivity contribution in [1.82, 2.24) is 9.88 Å². The molecule has 4 nitrogen and oxygen atoms in total. The van der Waals surface area contributed by atoms with Crippen LogP contribution >= 0.6 is 11.6 Å². The maximum atomic E-state index is 11.4. The molecule has 2 aromatic rings. The number of benzene rings is 1. The number of piperidine rings is 1. The minimum absolute atomic E-state index is 0.0722. The zero-order valence-electron chi connectivity index (χ0n) is 12.7. The van der Waals surface area contributed by atoms with Gasteiger partial charge in [0.1, 0.15) is 0 Å². The first-order valence-corrected chi connectivity index (χ1v) is 8.16. The van der Waals surface area contributed by atoms with Crippen molar-refractivity contribution in [2.75, 3.05) is 13.1 Å². The Morgan fingerprint density at radius 1 is 1.30 bits per heavy atom. The summed E-state index contributed by atoms with van der Waals surface area (Å²) in [6, 6.07) is 13.5. The van der Waals surface area contributed by atoms with Gasteiger partial charge < -0.3 is 5.11 Å². The van der Waals surface area contributed by atoms with Gasteiger partial charge in [-0.15, -0.1) is 0 Å². The molecule has 0 aliphatic carbocycles. The molecule has 1 aromatic heterocycles. The van der Waals surface area contributed by atoms with Gasteiger partial charge in [0.2, 0.25) is 0 Å². The lowest BCUT2D eigenvalue weighted by atomic mass is 9.93. The summed E-state index contributed by atoms with van der Waals surface area (Å²) in [5.74, 6) is -1.05. The lowest BCUT2D eigenvalue weighted by Gasteiger charge is -2.37. The Kier molecular flexibility index (Phi) is 4.94. The molecule has 3 rings (SSSR count). The summed E-state index contributed by atoms with van der Waals surface area (Å²) >= 11 is 6.16. The highest BCUT2D eigenvalue weighted by Gasteiger charge is 2.31. The molecule has 2 atom stereocenters. The SMILES string of the molecule is O=C(O)C1CCCN(C(c2cccc(Cl)c2)c2ccccn2)C1. The Balaban J connectivity index is 1.97. The van der Waals surface area contributed by atoms with Crippen LogP contribution in [0.4, 0.5) is 0 Å². The van der Waals surface area contributed by atoms with E-state index < -0.39 is 5.97 Å². The molecule has 23 heavy (non-hydrogen) atoms. The Bertz CT molecular complexity index is 678. The van der Waals surface area contributed by atoms with E-state index in [1.54, 1.807) is 6.20 Å². The lowest BCUT2D eigenvalue weighted by Crippen LogP contribution is -2.41. The fraction of sp³-hybridized carbons (Fsp3) is 0.333. The molecule has 1 aliphatic heterocycles. The molecular weight excluding hydrogens is 312 g/mol. The van der Waals surface area contributed by atoms with Crippen LogP contribution < -0.4 is 0 Å². The zero-order chi connectivity index (χ0) is 16.2. The summed E-state index contributed by atoms with van der Waals surface area (Å²) in [6.07, 6.45) is 3.38. The second kappa shape index (κ2) is 7.11. The average molecular weight is 331 g/mol. The minimum Gasteiger partial charge on any atom is -0.481 e. The molecule has 0 saturated carbocycles. The van der Waals surface area contributed by atoms with E-state index in [0.717, 1.165) is 30.6 Å². The molecule has 1 aromatic carbocycles. The number of likely N-dealkylation sites (tertiary alicyclic amines) is 1. The number of aromatic nitrogens is 1. The van der Waals surface area contributed by atoms with E-state index in [0.29, 0.717) is 11.6 Å². The Hall–Kier alpha value is -1.91. The van der Waals surface area contributed by atoms with E-state index in [1.165, 1.54) is 0 Å². The second-order valence-electron chi connectivity index (χ2n) is 5.88. The van der Waals surface area contributed by atoms with Gasteiger partial charge in [-0.3, -0.25) is 14.7 Å². The normalized spacial score (nSPS) is 20.1. The number of nitrogens with zero attached hydrogens (tertiary/aromatic N) is 2. The number of pyridine rings is 1. The van der Waals surface area contributed by atoms with Crippen LogP contribution in [0.2, 0.25) is 5.02 Å². The van der Waals surface area contributed by atoms with Crippen molar-refractivity contribution >= 4 is 17.6 Å². The highest BCUT2D eigenvalue weighted by molar-refractivity contribution is 6.30. The van der Waals surface area contributed by atoms with Crippen LogP contribution in [0, 0.1) is 5.92 Å². The highest BCUT2D eigenvalue weighted by atomic mass is 35.5. The number of halogens is 1. The quantitative estimate of drug-likeness (QED) is 0.930. The van der Waals surface area contributed by atoms with Crippen LogP contribution in [-0.4, -0.2) is 34.0 Å². The molecule has 0 radical (unpaired) electrons. The van der Waals surface area contributed by atoms with Crippen molar-refractivity contribution < 1.29 is 9.90 Å². The van der Waals surface area contributed by atoms with Crippen molar-refractivity contribution in [3.05, 3.63) is 64.9 Å². The third kappa shape index (κ3) is 3.71. The molecule has 120 valence electrons. The lowest BCUT2D eigenvalue weighted by molar-refractivity contribution is -0.143. The number of aliphatic carboxylic acids is 1. The smallest absolute Gasteiger partial charge is 0.307 e. The average Bonchev–Trinajstić information content (AvgIpc) is 2.56. The third-order valence-electron chi connectivity index (χ3n) is 4.30. The second-order valence-corrected chi connectivity index (χ2v) is 6.32. The molecule has 0 spiro atoms. The maximum absolute atomic E-state index is 11.4. The fourth-order valence-corrected chi connectivity index (χ4v) is 3.42. The van der Waals surface area contributed by atoms with Crippen molar-refractivity contribution in [2.24, 2.45) is 5.92 Å². The Labute approximate surface area is 140 Å². The van der Waals surface area contributed by atoms with Gasteiger partial charge in [0.05, 0.1) is 17.7 Å². The first-order chi connectivity index (χ1) is 11.1. The van der Waals surface area contributed by atoms with Crippen LogP contribution in [0.5, 0.6) is 0 Å². The number of rotatable bonds is 4. The van der Waals surface area contributed by atoms with Gasteiger partial charge in [-0.2, -0.15) is 0 Å². The van der Waals surface area contributed by atoms with E-state index in [2.05, 4.69) is 9.88 Å². The molecular formula is C18H19ClN2O2. The largest absolute Gasteiger partial charge is 0.481 e. The summed E-state index contributed by atoms with van der Waals surface area (Å²) in [7, 11) is 0. The van der Waals surface area contributed by atoms with Crippen molar-refractivity contribution in [2.45, 2.75) is 18.9 Å². The summed E-state index contributed by atoms with van der Waals surface area (Å²) in [5, 5.41) is 10.0. The van der Waals surface area contributed by atoms with Gasteiger partial charge in [-0.05, 0) is 49.2 Å². The topological polar surface area (TPSA) is 53.4 Å². The monoisotopic (exact) mass is 330 g/mol. The van der Waals surface area contributed by atoms with Crippen LogP contribution in [0.25, 0.3) is 0 Å². The number of hydrogen-bond donors (Lipinski definition) is 1. The predicted octanol–water partition coefficient (Wildman–Crippen LogP) is 3.62. The fourth-order valence-electron chi connectivity index (χ4n) is 3.23. The van der Waals surface area contributed by atoms with Crippen LogP contribution in [0.3, 0.4) is 0 Å². The Morgan fingerprint density at radius 2 is 2.17 bits per heavy atom. The summed E-state index contributed by atoms with van der Waals surface area (Å²) < 4.78 is 0. The van der Waals surface area contributed by atoms with Crippen molar-refractivity contribution in [1.29, 1.82) is 0 Å². The van der Waals surface area contributed by atoms with E-state index in [1.807, 2.05) is 42.5 Å². The van der Waals surface area contributed by atoms with Crippen LogP contribution in [0.15, 0.2) is 48.7 Å². The molecule has 0 amide bonds. The Morgan fingerprint density at radius 3 is 2.87 bits per heavy atom. The molecule has 1 N–H and O–H groups in total. The van der Waals surface area contributed by atoms with Crippen LogP contribution in [0.1, 0.15) is 30.1 Å². The van der Waals surface area contributed by atoms with Crippen molar-refractivity contribution in [3.8, 4) is 0 Å². The molecule has 1 fully saturated rings. The first kappa shape index (κ1) is 16.0. The molecule has 2 heterocycles. The van der Waals surface area contributed by atoms with Crippen LogP contribution in [-0.2, 0) is 4.79 Å². The first-order valence-electron chi connectivity index (χ1n) is 7.78. The van der Waals surface area contributed by atoms with Gasteiger partial charge in [-0.1, -0.05) is 29.8 Å². The molecule has 2 unspecified atom stereocenters. The number of hydrogen-bond acceptors (Lipinski definition) is 3. The third-order valence-corrected chi connectivity index (χ3v) is 4.53. The van der Waals surface area contributed by atoms with Gasteiger partial charge in [0.15, 0.2) is 0 Å². The predicted molar refractivity (Wildman–Crippen MR) is 89.5 cm³/mol. The number of carboxylic acids is 1.